The summed E-state index contributed by atoms with van der Waals surface area (Å²) < 4.78 is 0. The minimum absolute atomic E-state index is 0.0644. The Bertz CT molecular complexity index is 762. The molecule has 0 atom stereocenters. The molecule has 0 aliphatic heterocycles. The summed E-state index contributed by atoms with van der Waals surface area (Å²) in [5.41, 5.74) is 0.999. The number of nitroso groups, excluding NO2 is 1. The van der Waals surface area contributed by atoms with E-state index in [-0.39, 0.29) is 30.3 Å². The number of carbonyl (C=O) groups is 2. The van der Waals surface area contributed by atoms with Gasteiger partial charge in [-0.05, 0) is 35.5 Å². The van der Waals surface area contributed by atoms with Gasteiger partial charge in [0.2, 0.25) is 0 Å². The van der Waals surface area contributed by atoms with E-state index in [0.29, 0.717) is 23.5 Å². The van der Waals surface area contributed by atoms with Crippen LogP contribution in [0.15, 0.2) is 47.8 Å². The van der Waals surface area contributed by atoms with Crippen molar-refractivity contribution in [3.63, 3.8) is 0 Å². The molecule has 1 amide bonds. The van der Waals surface area contributed by atoms with Crippen LogP contribution in [-0.2, 0) is 4.79 Å². The lowest BCUT2D eigenvalue weighted by Gasteiger charge is -2.21. The fraction of sp³-hybridized carbons (Fsp3) is 0.278. The van der Waals surface area contributed by atoms with Gasteiger partial charge in [0.1, 0.15) is 17.3 Å². The molecular formula is C18H20N4O3. The number of benzene rings is 1. The zero-order valence-corrected chi connectivity index (χ0v) is 14.2. The molecule has 130 valence electrons. The number of pyridine rings is 1. The lowest BCUT2D eigenvalue weighted by Crippen LogP contribution is -2.33. The lowest BCUT2D eigenvalue weighted by molar-refractivity contribution is -0.118. The van der Waals surface area contributed by atoms with Crippen LogP contribution < -0.4 is 10.2 Å². The third kappa shape index (κ3) is 4.47. The second-order valence-electron chi connectivity index (χ2n) is 5.36. The van der Waals surface area contributed by atoms with Crippen LogP contribution >= 0.6 is 0 Å². The summed E-state index contributed by atoms with van der Waals surface area (Å²) >= 11 is 0. The van der Waals surface area contributed by atoms with Gasteiger partial charge in [0, 0.05) is 38.2 Å². The first-order valence-corrected chi connectivity index (χ1v) is 8.00. The van der Waals surface area contributed by atoms with Gasteiger partial charge in [0.15, 0.2) is 0 Å². The third-order valence-corrected chi connectivity index (χ3v) is 3.79. The first kappa shape index (κ1) is 18.3. The van der Waals surface area contributed by atoms with E-state index < -0.39 is 0 Å². The zero-order valence-electron chi connectivity index (χ0n) is 14.2. The summed E-state index contributed by atoms with van der Waals surface area (Å²) in [6, 6.07) is 9.89. The van der Waals surface area contributed by atoms with Gasteiger partial charge in [-0.2, -0.15) is 0 Å². The second kappa shape index (κ2) is 8.68. The minimum Gasteiger partial charge on any atom is -0.386 e. The van der Waals surface area contributed by atoms with Gasteiger partial charge < -0.3 is 5.32 Å². The van der Waals surface area contributed by atoms with Crippen LogP contribution in [0.4, 0.5) is 17.2 Å². The van der Waals surface area contributed by atoms with Crippen molar-refractivity contribution >= 4 is 28.9 Å². The molecule has 0 aliphatic rings. The smallest absolute Gasteiger partial charge is 0.259 e. The maximum Gasteiger partial charge on any atom is 0.259 e. The Balaban J connectivity index is 2.34. The number of anilines is 2. The molecule has 0 bridgehead atoms. The molecule has 7 nitrogen and oxygen atoms in total. The number of carbonyl (C=O) groups excluding carboxylic acids is 2. The minimum atomic E-state index is -0.338. The van der Waals surface area contributed by atoms with E-state index in [1.54, 1.807) is 50.5 Å². The Morgan fingerprint density at radius 3 is 2.64 bits per heavy atom. The highest BCUT2D eigenvalue weighted by molar-refractivity contribution is 6.06. The average Bonchev–Trinajstić information content (AvgIpc) is 2.67. The predicted molar refractivity (Wildman–Crippen MR) is 97.3 cm³/mol. The number of rotatable bonds is 8. The molecule has 7 heteroatoms. The molecular weight excluding hydrogens is 320 g/mol. The number of nitrogens with one attached hydrogen (secondary N) is 1. The highest BCUT2D eigenvalue weighted by atomic mass is 16.3. The van der Waals surface area contributed by atoms with Crippen molar-refractivity contribution in [1.29, 1.82) is 0 Å². The Hall–Kier alpha value is -3.09. The molecule has 0 fully saturated rings. The number of hydrogen-bond donors (Lipinski definition) is 1. The van der Waals surface area contributed by atoms with Crippen molar-refractivity contribution in [2.45, 2.75) is 19.8 Å². The topological polar surface area (TPSA) is 91.7 Å². The molecule has 25 heavy (non-hydrogen) atoms. The summed E-state index contributed by atoms with van der Waals surface area (Å²) in [6.07, 6.45) is 2.24. The molecule has 0 aliphatic carbocycles. The van der Waals surface area contributed by atoms with Crippen LogP contribution in [0.5, 0.6) is 0 Å². The Kier molecular flexibility index (Phi) is 6.33. The van der Waals surface area contributed by atoms with Crippen LogP contribution in [0.25, 0.3) is 0 Å². The quantitative estimate of drug-likeness (QED) is 0.742. The maximum atomic E-state index is 12.9. The molecule has 0 spiro atoms. The highest BCUT2D eigenvalue weighted by Gasteiger charge is 2.20. The fourth-order valence-electron chi connectivity index (χ4n) is 2.35. The van der Waals surface area contributed by atoms with E-state index in [4.69, 9.17) is 0 Å². The van der Waals surface area contributed by atoms with Crippen molar-refractivity contribution < 1.29 is 9.59 Å². The van der Waals surface area contributed by atoms with Gasteiger partial charge >= 0.3 is 0 Å². The van der Waals surface area contributed by atoms with E-state index in [0.717, 1.165) is 0 Å². The van der Waals surface area contributed by atoms with Crippen LogP contribution in [0, 0.1) is 4.91 Å². The molecule has 0 unspecified atom stereocenters. The van der Waals surface area contributed by atoms with E-state index in [1.165, 1.54) is 11.0 Å². The normalized spacial score (nSPS) is 10.2. The van der Waals surface area contributed by atoms with Crippen LogP contribution in [0.2, 0.25) is 0 Å². The maximum absolute atomic E-state index is 12.9. The van der Waals surface area contributed by atoms with Crippen molar-refractivity contribution in [1.82, 2.24) is 4.98 Å². The molecule has 2 aromatic rings. The molecule has 0 radical (unpaired) electrons. The fourth-order valence-corrected chi connectivity index (χ4v) is 2.35. The molecule has 1 N–H and O–H groups in total. The molecule has 1 aromatic heterocycles. The molecule has 0 saturated heterocycles. The Morgan fingerprint density at radius 1 is 1.24 bits per heavy atom. The van der Waals surface area contributed by atoms with Crippen LogP contribution in [-0.4, -0.2) is 30.3 Å². The molecule has 1 aromatic carbocycles. The van der Waals surface area contributed by atoms with Crippen molar-refractivity contribution in [2.75, 3.05) is 23.8 Å². The number of amides is 1. The number of ketones is 1. The van der Waals surface area contributed by atoms with Crippen molar-refractivity contribution in [2.24, 2.45) is 5.18 Å². The summed E-state index contributed by atoms with van der Waals surface area (Å²) in [7, 11) is 1.67. The van der Waals surface area contributed by atoms with Crippen LogP contribution in [0.1, 0.15) is 30.1 Å². The largest absolute Gasteiger partial charge is 0.386 e. The average molecular weight is 340 g/mol. The SMILES string of the molecule is CCC(=O)CCN(C(=O)c1ccc(NC)c(N=O)c1)c1ccccn1. The van der Waals surface area contributed by atoms with Gasteiger partial charge in [0.05, 0.1) is 5.69 Å². The Labute approximate surface area is 146 Å². The van der Waals surface area contributed by atoms with E-state index >= 15 is 0 Å². The van der Waals surface area contributed by atoms with Gasteiger partial charge in [-0.15, -0.1) is 4.91 Å². The number of Topliss-reactive ketones (excluding diaryl/α,β-unsaturated/α-hetero) is 1. The van der Waals surface area contributed by atoms with Gasteiger partial charge in [-0.3, -0.25) is 14.5 Å². The number of hydrogen-bond acceptors (Lipinski definition) is 6. The van der Waals surface area contributed by atoms with E-state index in [2.05, 4.69) is 15.5 Å². The van der Waals surface area contributed by atoms with Crippen LogP contribution in [0.3, 0.4) is 0 Å². The summed E-state index contributed by atoms with van der Waals surface area (Å²) in [5.74, 6) is 0.180. The lowest BCUT2D eigenvalue weighted by atomic mass is 10.1. The first-order valence-electron chi connectivity index (χ1n) is 8.00. The predicted octanol–water partition coefficient (Wildman–Crippen LogP) is 3.54. The molecule has 0 saturated carbocycles. The van der Waals surface area contributed by atoms with Crippen molar-refractivity contribution in [3.8, 4) is 0 Å². The van der Waals surface area contributed by atoms with E-state index in [9.17, 15) is 14.5 Å². The number of aromatic nitrogens is 1. The molecule has 2 rings (SSSR count). The second-order valence-corrected chi connectivity index (χ2v) is 5.36. The summed E-state index contributed by atoms with van der Waals surface area (Å²) in [6.45, 7) is 2.01. The summed E-state index contributed by atoms with van der Waals surface area (Å²) in [5, 5.41) is 5.80. The third-order valence-electron chi connectivity index (χ3n) is 3.79. The van der Waals surface area contributed by atoms with Gasteiger partial charge in [-0.1, -0.05) is 13.0 Å². The monoisotopic (exact) mass is 340 g/mol. The van der Waals surface area contributed by atoms with Crippen molar-refractivity contribution in [3.05, 3.63) is 53.1 Å². The highest BCUT2D eigenvalue weighted by Crippen LogP contribution is 2.27. The standard InChI is InChI=1S/C18H20N4O3/c1-3-14(23)9-11-22(17-6-4-5-10-20-17)18(24)13-7-8-15(19-2)16(12-13)21-25/h4-8,10,12,19H,3,9,11H2,1-2H3. The number of nitrogens with zero attached hydrogens (tertiary/aromatic N) is 3. The Morgan fingerprint density at radius 2 is 2.04 bits per heavy atom. The van der Waals surface area contributed by atoms with Gasteiger partial charge in [-0.25, -0.2) is 4.98 Å². The summed E-state index contributed by atoms with van der Waals surface area (Å²) in [4.78, 5) is 41.2. The van der Waals surface area contributed by atoms with Gasteiger partial charge in [0.25, 0.3) is 5.91 Å². The first-order chi connectivity index (χ1) is 12.1. The zero-order chi connectivity index (χ0) is 18.2. The molecule has 1 heterocycles. The van der Waals surface area contributed by atoms with E-state index in [1.807, 2.05) is 0 Å².